The molecular weight excluding hydrogens is 267 g/mol. The van der Waals surface area contributed by atoms with Gasteiger partial charge < -0.3 is 4.90 Å². The van der Waals surface area contributed by atoms with Crippen molar-refractivity contribution in [1.82, 2.24) is 9.80 Å². The predicted octanol–water partition coefficient (Wildman–Crippen LogP) is 1.95. The maximum Gasteiger partial charge on any atom is 0.326 e. The molecule has 19 heavy (non-hydrogen) atoms. The highest BCUT2D eigenvalue weighted by Crippen LogP contribution is 2.16. The number of carbonyl (C=O) groups excluding carboxylic acids is 2. The first-order chi connectivity index (χ1) is 9.09. The van der Waals surface area contributed by atoms with Crippen molar-refractivity contribution in [2.75, 3.05) is 25.9 Å². The highest BCUT2D eigenvalue weighted by atomic mass is 32.2. The van der Waals surface area contributed by atoms with Gasteiger partial charge in [0.2, 0.25) is 5.91 Å². The van der Waals surface area contributed by atoms with Crippen LogP contribution in [0.1, 0.15) is 5.56 Å². The summed E-state index contributed by atoms with van der Waals surface area (Å²) < 4.78 is 13.4. The Balaban J connectivity index is 1.77. The number of nitrogens with zero attached hydrogens (tertiary/aromatic N) is 2. The molecule has 0 spiro atoms. The van der Waals surface area contributed by atoms with Gasteiger partial charge in [0.1, 0.15) is 12.4 Å². The van der Waals surface area contributed by atoms with Crippen molar-refractivity contribution in [2.45, 2.75) is 5.75 Å². The quantitative estimate of drug-likeness (QED) is 0.612. The minimum absolute atomic E-state index is 0.150. The normalized spacial score (nSPS) is 15.5. The molecule has 0 aromatic heterocycles. The Labute approximate surface area is 115 Å². The van der Waals surface area contributed by atoms with Crippen LogP contribution in [0.4, 0.5) is 9.18 Å². The van der Waals surface area contributed by atoms with Gasteiger partial charge in [0.15, 0.2) is 0 Å². The van der Waals surface area contributed by atoms with Gasteiger partial charge in [0.05, 0.1) is 0 Å². The summed E-state index contributed by atoms with van der Waals surface area (Å²) in [5.74, 6) is 0.764. The molecule has 102 valence electrons. The van der Waals surface area contributed by atoms with Gasteiger partial charge in [-0.15, -0.1) is 0 Å². The zero-order chi connectivity index (χ0) is 13.8. The molecule has 1 aromatic carbocycles. The largest absolute Gasteiger partial charge is 0.326 e. The fourth-order valence-electron chi connectivity index (χ4n) is 1.84. The molecule has 0 unspecified atom stereocenters. The van der Waals surface area contributed by atoms with E-state index in [0.717, 1.165) is 0 Å². The molecule has 0 radical (unpaired) electrons. The molecule has 0 aliphatic carbocycles. The number of amides is 3. The molecule has 0 bridgehead atoms. The molecule has 1 aromatic rings. The molecule has 0 saturated carbocycles. The van der Waals surface area contributed by atoms with E-state index in [4.69, 9.17) is 0 Å². The van der Waals surface area contributed by atoms with Crippen molar-refractivity contribution < 1.29 is 14.0 Å². The summed E-state index contributed by atoms with van der Waals surface area (Å²) in [6.07, 6.45) is 0. The van der Waals surface area contributed by atoms with Crippen LogP contribution >= 0.6 is 11.8 Å². The van der Waals surface area contributed by atoms with E-state index in [1.165, 1.54) is 27.6 Å². The molecule has 2 rings (SSSR count). The van der Waals surface area contributed by atoms with Crippen LogP contribution in [0.15, 0.2) is 24.3 Å². The summed E-state index contributed by atoms with van der Waals surface area (Å²) >= 11 is 1.51. The van der Waals surface area contributed by atoms with Crippen molar-refractivity contribution in [3.05, 3.63) is 35.6 Å². The van der Waals surface area contributed by atoms with Gasteiger partial charge in [-0.05, 0) is 11.6 Å². The molecule has 6 heteroatoms. The van der Waals surface area contributed by atoms with Gasteiger partial charge in [-0.1, -0.05) is 18.2 Å². The van der Waals surface area contributed by atoms with Gasteiger partial charge in [-0.25, -0.2) is 9.18 Å². The zero-order valence-electron chi connectivity index (χ0n) is 10.6. The first kappa shape index (κ1) is 13.9. The third-order valence-corrected chi connectivity index (χ3v) is 3.89. The summed E-state index contributed by atoms with van der Waals surface area (Å²) in [5.41, 5.74) is 0.642. The van der Waals surface area contributed by atoms with Crippen molar-refractivity contribution >= 4 is 23.7 Å². The van der Waals surface area contributed by atoms with Crippen LogP contribution in [0.3, 0.4) is 0 Å². The lowest BCUT2D eigenvalue weighted by Crippen LogP contribution is -2.33. The lowest BCUT2D eigenvalue weighted by Gasteiger charge is -2.13. The monoisotopic (exact) mass is 282 g/mol. The van der Waals surface area contributed by atoms with Crippen molar-refractivity contribution in [3.63, 3.8) is 0 Å². The van der Waals surface area contributed by atoms with E-state index in [9.17, 15) is 14.0 Å². The van der Waals surface area contributed by atoms with Crippen LogP contribution in [-0.2, 0) is 10.5 Å². The van der Waals surface area contributed by atoms with E-state index in [2.05, 4.69) is 0 Å². The molecule has 1 aliphatic rings. The third-order valence-electron chi connectivity index (χ3n) is 2.91. The number of imide groups is 1. The van der Waals surface area contributed by atoms with Crippen LogP contribution < -0.4 is 0 Å². The van der Waals surface area contributed by atoms with Crippen LogP contribution in [0.2, 0.25) is 0 Å². The summed E-state index contributed by atoms with van der Waals surface area (Å²) in [5, 5.41) is 0. The minimum Gasteiger partial charge on any atom is -0.318 e. The van der Waals surface area contributed by atoms with Gasteiger partial charge in [-0.2, -0.15) is 11.8 Å². The molecule has 1 fully saturated rings. The van der Waals surface area contributed by atoms with Crippen molar-refractivity contribution in [1.29, 1.82) is 0 Å². The number of halogens is 1. The van der Waals surface area contributed by atoms with Crippen LogP contribution in [0.25, 0.3) is 0 Å². The van der Waals surface area contributed by atoms with Crippen molar-refractivity contribution in [3.8, 4) is 0 Å². The van der Waals surface area contributed by atoms with Crippen molar-refractivity contribution in [2.24, 2.45) is 0 Å². The first-order valence-electron chi connectivity index (χ1n) is 5.96. The van der Waals surface area contributed by atoms with Gasteiger partial charge in [-0.3, -0.25) is 9.69 Å². The standard InChI is InChI=1S/C13H15FN2O2S/c1-15-8-12(17)16(13(15)18)6-7-19-9-10-4-2-3-5-11(10)14/h2-5H,6-9H2,1H3. The number of carbonyl (C=O) groups is 2. The predicted molar refractivity (Wildman–Crippen MR) is 72.3 cm³/mol. The second kappa shape index (κ2) is 6.06. The minimum atomic E-state index is -0.253. The Morgan fingerprint density at radius 3 is 2.68 bits per heavy atom. The molecule has 1 heterocycles. The highest BCUT2D eigenvalue weighted by Gasteiger charge is 2.32. The summed E-state index contributed by atoms with van der Waals surface area (Å²) in [7, 11) is 1.60. The summed E-state index contributed by atoms with van der Waals surface area (Å²) in [6, 6.07) is 6.36. The Morgan fingerprint density at radius 1 is 1.32 bits per heavy atom. The van der Waals surface area contributed by atoms with E-state index in [-0.39, 0.29) is 24.3 Å². The number of hydrogen-bond donors (Lipinski definition) is 0. The number of hydrogen-bond acceptors (Lipinski definition) is 3. The Hall–Kier alpha value is -1.56. The maximum absolute atomic E-state index is 13.4. The number of likely N-dealkylation sites (N-methyl/N-ethyl adjacent to an activating group) is 1. The Kier molecular flexibility index (Phi) is 4.42. The Bertz CT molecular complexity index is 495. The number of benzene rings is 1. The third kappa shape index (κ3) is 3.26. The molecular formula is C13H15FN2O2S. The van der Waals surface area contributed by atoms with Crippen LogP contribution in [-0.4, -0.2) is 47.6 Å². The first-order valence-corrected chi connectivity index (χ1v) is 7.11. The Morgan fingerprint density at radius 2 is 2.05 bits per heavy atom. The average Bonchev–Trinajstić information content (AvgIpc) is 2.62. The fourth-order valence-corrected chi connectivity index (χ4v) is 2.75. The second-order valence-corrected chi connectivity index (χ2v) is 5.43. The molecule has 1 saturated heterocycles. The van der Waals surface area contributed by atoms with E-state index in [0.29, 0.717) is 23.6 Å². The number of thioether (sulfide) groups is 1. The smallest absolute Gasteiger partial charge is 0.318 e. The molecule has 0 atom stereocenters. The van der Waals surface area contributed by atoms with Crippen LogP contribution in [0, 0.1) is 5.82 Å². The van der Waals surface area contributed by atoms with E-state index in [1.807, 2.05) is 0 Å². The summed E-state index contributed by atoms with van der Waals surface area (Å²) in [6.45, 7) is 0.526. The summed E-state index contributed by atoms with van der Waals surface area (Å²) in [4.78, 5) is 25.7. The molecule has 3 amide bonds. The van der Waals surface area contributed by atoms with E-state index >= 15 is 0 Å². The number of urea groups is 1. The van der Waals surface area contributed by atoms with E-state index < -0.39 is 0 Å². The number of rotatable bonds is 5. The van der Waals surface area contributed by atoms with Gasteiger partial charge in [0.25, 0.3) is 0 Å². The fraction of sp³-hybridized carbons (Fsp3) is 0.385. The van der Waals surface area contributed by atoms with E-state index in [1.54, 1.807) is 25.2 Å². The zero-order valence-corrected chi connectivity index (χ0v) is 11.5. The topological polar surface area (TPSA) is 40.6 Å². The molecule has 0 N–H and O–H groups in total. The van der Waals surface area contributed by atoms with Crippen LogP contribution in [0.5, 0.6) is 0 Å². The molecule has 1 aliphatic heterocycles. The average molecular weight is 282 g/mol. The highest BCUT2D eigenvalue weighted by molar-refractivity contribution is 7.98. The SMILES string of the molecule is CN1CC(=O)N(CCSCc2ccccc2F)C1=O. The molecule has 4 nitrogen and oxygen atoms in total. The lowest BCUT2D eigenvalue weighted by molar-refractivity contribution is -0.125. The lowest BCUT2D eigenvalue weighted by atomic mass is 10.2. The van der Waals surface area contributed by atoms with Gasteiger partial charge in [0, 0.05) is 25.1 Å². The van der Waals surface area contributed by atoms with Gasteiger partial charge >= 0.3 is 6.03 Å². The maximum atomic E-state index is 13.4. The second-order valence-electron chi connectivity index (χ2n) is 4.33.